The molecule has 60 heavy (non-hydrogen) atoms. The van der Waals surface area contributed by atoms with E-state index >= 15 is 0 Å². The summed E-state index contributed by atoms with van der Waals surface area (Å²) in [6.07, 6.45) is 0. The van der Waals surface area contributed by atoms with Crippen molar-refractivity contribution in [3.8, 4) is 27.9 Å². The molecule has 0 N–H and O–H groups in total. The number of furan rings is 1. The summed E-state index contributed by atoms with van der Waals surface area (Å²) in [5.74, 6) is 0. The van der Waals surface area contributed by atoms with E-state index in [-0.39, 0.29) is 6.71 Å². The molecule has 14 rings (SSSR count). The summed E-state index contributed by atoms with van der Waals surface area (Å²) in [7, 11) is 0. The predicted octanol–water partition coefficient (Wildman–Crippen LogP) is 13.8. The molecule has 0 unspecified atom stereocenters. The van der Waals surface area contributed by atoms with E-state index in [0.717, 1.165) is 11.2 Å². The van der Waals surface area contributed by atoms with Crippen LogP contribution in [0, 0.1) is 0 Å². The molecule has 0 saturated carbocycles. The Bertz CT molecular complexity index is 3640. The van der Waals surface area contributed by atoms with Gasteiger partial charge in [0.1, 0.15) is 11.2 Å². The van der Waals surface area contributed by atoms with Crippen LogP contribution in [0.4, 0.5) is 0 Å². The molecule has 0 fully saturated rings. The van der Waals surface area contributed by atoms with Crippen molar-refractivity contribution >= 4 is 122 Å². The fraction of sp³-hybridized carbons (Fsp3) is 0. The molecule has 0 saturated heterocycles. The zero-order chi connectivity index (χ0) is 39.1. The van der Waals surface area contributed by atoms with E-state index in [1.165, 1.54) is 117 Å². The van der Waals surface area contributed by atoms with Crippen molar-refractivity contribution < 1.29 is 4.42 Å². The average molecular weight is 816 g/mol. The van der Waals surface area contributed by atoms with Gasteiger partial charge in [0.15, 0.2) is 0 Å². The third kappa shape index (κ3) is 4.64. The summed E-state index contributed by atoms with van der Waals surface area (Å²) >= 11 is 5.73. The van der Waals surface area contributed by atoms with Gasteiger partial charge < -0.3 is 8.98 Å². The van der Waals surface area contributed by atoms with E-state index in [0.29, 0.717) is 0 Å². The quantitative estimate of drug-likeness (QED) is 0.166. The van der Waals surface area contributed by atoms with Crippen molar-refractivity contribution in [2.75, 3.05) is 0 Å². The SMILES string of the molecule is c1ccc(-c2ccc3c(c2)Sc2cc(-n4c5ccccc5c5c6oc7ccccc7c6c6sc7ccccc7c6c54)cc4c2B3c2ccc(-c3ccccc3)cc2S4)cc1. The summed E-state index contributed by atoms with van der Waals surface area (Å²) in [6, 6.07) is 67.2. The minimum absolute atomic E-state index is 0.132. The number of hydrogen-bond acceptors (Lipinski definition) is 4. The van der Waals surface area contributed by atoms with Crippen molar-refractivity contribution in [1.82, 2.24) is 4.57 Å². The van der Waals surface area contributed by atoms with Crippen LogP contribution >= 0.6 is 34.9 Å². The Balaban J connectivity index is 1.08. The third-order valence-electron chi connectivity index (χ3n) is 12.7. The Morgan fingerprint density at radius 2 is 1.03 bits per heavy atom. The van der Waals surface area contributed by atoms with Crippen molar-refractivity contribution in [3.63, 3.8) is 0 Å². The van der Waals surface area contributed by atoms with E-state index in [9.17, 15) is 0 Å². The predicted molar refractivity (Wildman–Crippen MR) is 258 cm³/mol. The number of thiophene rings is 1. The van der Waals surface area contributed by atoms with Crippen LogP contribution in [0.1, 0.15) is 0 Å². The maximum Gasteiger partial charge on any atom is 0.247 e. The minimum atomic E-state index is 0.132. The summed E-state index contributed by atoms with van der Waals surface area (Å²) in [5.41, 5.74) is 14.6. The monoisotopic (exact) mass is 815 g/mol. The number of benzene rings is 9. The highest BCUT2D eigenvalue weighted by molar-refractivity contribution is 8.01. The highest BCUT2D eigenvalue weighted by atomic mass is 32.2. The largest absolute Gasteiger partial charge is 0.455 e. The molecule has 0 spiro atoms. The molecule has 2 aliphatic rings. The highest BCUT2D eigenvalue weighted by Gasteiger charge is 2.39. The van der Waals surface area contributed by atoms with Crippen LogP contribution in [-0.2, 0) is 0 Å². The molecule has 0 bridgehead atoms. The van der Waals surface area contributed by atoms with Gasteiger partial charge in [-0.1, -0.05) is 174 Å². The lowest BCUT2D eigenvalue weighted by atomic mass is 9.36. The second-order valence-corrected chi connectivity index (χ2v) is 19.1. The zero-order valence-corrected chi connectivity index (χ0v) is 34.4. The second-order valence-electron chi connectivity index (χ2n) is 15.9. The number of fused-ring (bicyclic) bond motifs is 16. The lowest BCUT2D eigenvalue weighted by Gasteiger charge is -2.34. The maximum atomic E-state index is 6.94. The fourth-order valence-corrected chi connectivity index (χ4v) is 13.9. The summed E-state index contributed by atoms with van der Waals surface area (Å²) in [4.78, 5) is 5.27. The summed E-state index contributed by atoms with van der Waals surface area (Å²) in [6.45, 7) is 0.132. The van der Waals surface area contributed by atoms with Crippen LogP contribution in [0.15, 0.2) is 206 Å². The molecular weight excluding hydrogens is 786 g/mol. The van der Waals surface area contributed by atoms with Gasteiger partial charge in [0, 0.05) is 61.6 Å². The number of aromatic nitrogens is 1. The Morgan fingerprint density at radius 3 is 1.72 bits per heavy atom. The van der Waals surface area contributed by atoms with Gasteiger partial charge in [-0.15, -0.1) is 11.3 Å². The Labute approximate surface area is 358 Å². The van der Waals surface area contributed by atoms with Gasteiger partial charge in [-0.2, -0.15) is 0 Å². The van der Waals surface area contributed by atoms with Gasteiger partial charge in [-0.25, -0.2) is 0 Å². The summed E-state index contributed by atoms with van der Waals surface area (Å²) < 4.78 is 12.1. The molecule has 12 aromatic rings. The highest BCUT2D eigenvalue weighted by Crippen LogP contribution is 2.51. The molecule has 2 nitrogen and oxygen atoms in total. The molecule has 6 heteroatoms. The zero-order valence-electron chi connectivity index (χ0n) is 32.0. The number of hydrogen-bond donors (Lipinski definition) is 0. The normalized spacial score (nSPS) is 13.2. The van der Waals surface area contributed by atoms with Crippen molar-refractivity contribution in [2.45, 2.75) is 19.6 Å². The molecule has 0 amide bonds. The van der Waals surface area contributed by atoms with Gasteiger partial charge in [0.2, 0.25) is 6.71 Å². The lowest BCUT2D eigenvalue weighted by Crippen LogP contribution is -2.58. The first kappa shape index (κ1) is 33.4. The first-order valence-electron chi connectivity index (χ1n) is 20.4. The van der Waals surface area contributed by atoms with Gasteiger partial charge in [0.25, 0.3) is 0 Å². The molecule has 0 atom stereocenters. The first-order chi connectivity index (χ1) is 29.7. The average Bonchev–Trinajstić information content (AvgIpc) is 3.99. The Kier molecular flexibility index (Phi) is 6.98. The standard InChI is InChI=1S/C54H30BNOS3/c1-3-13-31(14-4-1)33-23-25-39-44(27-33)58-46-29-35(30-47-51(46)55(39)40-26-24-34(28-45(40)59-47)32-15-5-2-6-16-32)56-41-20-10-7-17-36(41)48-52(56)49-38-19-9-12-22-43(38)60-54(49)50-37-18-8-11-21-42(37)57-53(48)50/h1-30H. The Morgan fingerprint density at radius 1 is 0.450 bits per heavy atom. The fourth-order valence-electron chi connectivity index (χ4n) is 10.1. The van der Waals surface area contributed by atoms with Gasteiger partial charge in [0.05, 0.1) is 16.4 Å². The van der Waals surface area contributed by atoms with Crippen LogP contribution in [0.2, 0.25) is 0 Å². The van der Waals surface area contributed by atoms with Gasteiger partial charge in [-0.05, 0) is 70.2 Å². The van der Waals surface area contributed by atoms with Crippen molar-refractivity contribution in [1.29, 1.82) is 0 Å². The van der Waals surface area contributed by atoms with Crippen LogP contribution in [0.25, 0.3) is 91.9 Å². The molecule has 0 radical (unpaired) electrons. The van der Waals surface area contributed by atoms with Crippen molar-refractivity contribution in [3.05, 3.63) is 182 Å². The Hall–Kier alpha value is -6.44. The number of nitrogens with zero attached hydrogens (tertiary/aromatic N) is 1. The minimum Gasteiger partial charge on any atom is -0.455 e. The topological polar surface area (TPSA) is 18.1 Å². The van der Waals surface area contributed by atoms with Crippen LogP contribution < -0.4 is 16.4 Å². The number of rotatable bonds is 3. The van der Waals surface area contributed by atoms with E-state index in [1.54, 1.807) is 0 Å². The molecule has 0 aliphatic carbocycles. The second kappa shape index (κ2) is 12.5. The van der Waals surface area contributed by atoms with E-state index < -0.39 is 0 Å². The van der Waals surface area contributed by atoms with Gasteiger partial charge in [-0.3, -0.25) is 0 Å². The van der Waals surface area contributed by atoms with Crippen LogP contribution in [-0.4, -0.2) is 11.3 Å². The first-order valence-corrected chi connectivity index (χ1v) is 22.8. The molecule has 2 aliphatic heterocycles. The van der Waals surface area contributed by atoms with Crippen LogP contribution in [0.5, 0.6) is 0 Å². The summed E-state index contributed by atoms with van der Waals surface area (Å²) in [5, 5.41) is 7.33. The molecule has 278 valence electrons. The smallest absolute Gasteiger partial charge is 0.247 e. The molecule has 5 heterocycles. The van der Waals surface area contributed by atoms with E-state index in [1.807, 2.05) is 34.9 Å². The van der Waals surface area contributed by atoms with Gasteiger partial charge >= 0.3 is 0 Å². The van der Waals surface area contributed by atoms with E-state index in [4.69, 9.17) is 4.42 Å². The van der Waals surface area contributed by atoms with Crippen LogP contribution in [0.3, 0.4) is 0 Å². The number of para-hydroxylation sites is 2. The molecular formula is C54H30BNOS3. The van der Waals surface area contributed by atoms with Crippen molar-refractivity contribution in [2.24, 2.45) is 0 Å². The lowest BCUT2D eigenvalue weighted by molar-refractivity contribution is 0.673. The molecule has 3 aromatic heterocycles. The van der Waals surface area contributed by atoms with E-state index in [2.05, 4.69) is 187 Å². The molecule has 9 aromatic carbocycles. The maximum absolute atomic E-state index is 6.94. The third-order valence-corrected chi connectivity index (χ3v) is 16.1.